The first-order chi connectivity index (χ1) is 5.16. The quantitative estimate of drug-likeness (QED) is 0.497. The smallest absolute Gasteiger partial charge is 0.0297 e. The van der Waals surface area contributed by atoms with Crippen molar-refractivity contribution >= 4 is 54.5 Å². The van der Waals surface area contributed by atoms with Gasteiger partial charge in [0.2, 0.25) is 0 Å². The molecule has 0 bridgehead atoms. The molecular formula is C8H7Br2I. The zero-order valence-electron chi connectivity index (χ0n) is 6.00. The molecule has 1 aromatic rings. The van der Waals surface area contributed by atoms with Crippen LogP contribution in [0, 0.1) is 10.5 Å². The van der Waals surface area contributed by atoms with E-state index in [1.807, 2.05) is 0 Å². The molecule has 1 aromatic carbocycles. The van der Waals surface area contributed by atoms with E-state index in [1.54, 1.807) is 0 Å². The molecule has 3 heteroatoms. The molecule has 0 aliphatic carbocycles. The Labute approximate surface area is 97.2 Å². The molecule has 0 fully saturated rings. The number of rotatable bonds is 1. The standard InChI is InChI=1S/C8H7Br2I/c1-5-6(4-9)7(10)2-3-8(5)11/h2-3H,4H2,1H3. The Bertz CT molecular complexity index is 271. The molecule has 0 saturated carbocycles. The topological polar surface area (TPSA) is 0 Å². The fourth-order valence-corrected chi connectivity index (χ4v) is 3.03. The fourth-order valence-electron chi connectivity index (χ4n) is 0.859. The summed E-state index contributed by atoms with van der Waals surface area (Å²) in [5, 5.41) is 0.913. The predicted octanol–water partition coefficient (Wildman–Crippen LogP) is 4.26. The van der Waals surface area contributed by atoms with Gasteiger partial charge in [-0.1, -0.05) is 31.9 Å². The van der Waals surface area contributed by atoms with Crippen LogP contribution >= 0.6 is 54.5 Å². The van der Waals surface area contributed by atoms with Gasteiger partial charge in [0.05, 0.1) is 0 Å². The van der Waals surface area contributed by atoms with Crippen molar-refractivity contribution in [3.05, 3.63) is 31.3 Å². The molecule has 0 aliphatic rings. The third kappa shape index (κ3) is 2.18. The molecule has 0 spiro atoms. The first-order valence-corrected chi connectivity index (χ1v) is 6.15. The minimum Gasteiger partial charge on any atom is -0.0876 e. The Kier molecular flexibility index (Phi) is 3.85. The number of hydrogen-bond donors (Lipinski definition) is 0. The average Bonchev–Trinajstić information content (AvgIpc) is 1.99. The minimum atomic E-state index is 0.913. The highest BCUT2D eigenvalue weighted by Crippen LogP contribution is 2.26. The molecule has 11 heavy (non-hydrogen) atoms. The summed E-state index contributed by atoms with van der Waals surface area (Å²) in [7, 11) is 0. The van der Waals surface area contributed by atoms with Gasteiger partial charge in [-0.3, -0.25) is 0 Å². The molecule has 0 aliphatic heterocycles. The largest absolute Gasteiger partial charge is 0.0876 e. The second-order valence-electron chi connectivity index (χ2n) is 2.27. The van der Waals surface area contributed by atoms with Crippen molar-refractivity contribution in [2.24, 2.45) is 0 Å². The van der Waals surface area contributed by atoms with E-state index in [1.165, 1.54) is 19.2 Å². The maximum Gasteiger partial charge on any atom is 0.0297 e. The molecule has 0 saturated heterocycles. The average molecular weight is 390 g/mol. The van der Waals surface area contributed by atoms with Gasteiger partial charge in [0.15, 0.2) is 0 Å². The summed E-state index contributed by atoms with van der Waals surface area (Å²) in [6.45, 7) is 2.14. The van der Waals surface area contributed by atoms with Crippen LogP contribution in [-0.2, 0) is 5.33 Å². The minimum absolute atomic E-state index is 0.913. The molecule has 0 nitrogen and oxygen atoms in total. The van der Waals surface area contributed by atoms with Gasteiger partial charge < -0.3 is 0 Å². The first kappa shape index (κ1) is 9.99. The summed E-state index contributed by atoms with van der Waals surface area (Å²) < 4.78 is 2.51. The highest BCUT2D eigenvalue weighted by Gasteiger charge is 2.04. The van der Waals surface area contributed by atoms with Crippen LogP contribution in [0.25, 0.3) is 0 Å². The Morgan fingerprint density at radius 2 is 2.09 bits per heavy atom. The SMILES string of the molecule is Cc1c(I)ccc(Br)c1CBr. The molecule has 0 amide bonds. The number of benzene rings is 1. The van der Waals surface area contributed by atoms with E-state index in [0.717, 1.165) is 5.33 Å². The van der Waals surface area contributed by atoms with E-state index >= 15 is 0 Å². The van der Waals surface area contributed by atoms with Gasteiger partial charge >= 0.3 is 0 Å². The number of hydrogen-bond acceptors (Lipinski definition) is 0. The lowest BCUT2D eigenvalue weighted by molar-refractivity contribution is 1.27. The summed E-state index contributed by atoms with van der Waals surface area (Å²) >= 11 is 9.32. The van der Waals surface area contributed by atoms with E-state index in [0.29, 0.717) is 0 Å². The molecule has 0 N–H and O–H groups in total. The first-order valence-electron chi connectivity index (χ1n) is 3.16. The Morgan fingerprint density at radius 1 is 1.45 bits per heavy atom. The number of alkyl halides is 1. The molecule has 0 radical (unpaired) electrons. The lowest BCUT2D eigenvalue weighted by Gasteiger charge is -2.06. The second-order valence-corrected chi connectivity index (χ2v) is 4.84. The molecule has 0 atom stereocenters. The van der Waals surface area contributed by atoms with Gasteiger partial charge in [-0.05, 0) is 52.8 Å². The van der Waals surface area contributed by atoms with Crippen LogP contribution < -0.4 is 0 Å². The zero-order valence-corrected chi connectivity index (χ0v) is 11.3. The Hall–Kier alpha value is 0.910. The third-order valence-corrected chi connectivity index (χ3v) is 4.08. The van der Waals surface area contributed by atoms with Crippen molar-refractivity contribution in [2.75, 3.05) is 0 Å². The molecule has 60 valence electrons. The summed E-state index contributed by atoms with van der Waals surface area (Å²) in [5.41, 5.74) is 2.70. The van der Waals surface area contributed by atoms with Gasteiger partial charge in [0.1, 0.15) is 0 Å². The molecule has 0 unspecified atom stereocenters. The van der Waals surface area contributed by atoms with Crippen LogP contribution in [-0.4, -0.2) is 0 Å². The van der Waals surface area contributed by atoms with E-state index in [9.17, 15) is 0 Å². The van der Waals surface area contributed by atoms with Crippen LogP contribution in [0.15, 0.2) is 16.6 Å². The normalized spacial score (nSPS) is 10.2. The van der Waals surface area contributed by atoms with Gasteiger partial charge in [-0.15, -0.1) is 0 Å². The third-order valence-electron chi connectivity index (χ3n) is 1.61. The van der Waals surface area contributed by atoms with E-state index in [2.05, 4.69) is 73.5 Å². The Morgan fingerprint density at radius 3 is 2.55 bits per heavy atom. The summed E-state index contributed by atoms with van der Waals surface area (Å²) in [6.07, 6.45) is 0. The predicted molar refractivity (Wildman–Crippen MR) is 64.2 cm³/mol. The van der Waals surface area contributed by atoms with Crippen LogP contribution in [0.2, 0.25) is 0 Å². The highest BCUT2D eigenvalue weighted by molar-refractivity contribution is 14.1. The summed E-state index contributed by atoms with van der Waals surface area (Å²) in [6, 6.07) is 4.21. The van der Waals surface area contributed by atoms with E-state index in [4.69, 9.17) is 0 Å². The lowest BCUT2D eigenvalue weighted by Crippen LogP contribution is -1.89. The molecular weight excluding hydrogens is 383 g/mol. The van der Waals surface area contributed by atoms with Crippen LogP contribution in [0.1, 0.15) is 11.1 Å². The van der Waals surface area contributed by atoms with Gasteiger partial charge in [-0.2, -0.15) is 0 Å². The summed E-state index contributed by atoms with van der Waals surface area (Å²) in [5.74, 6) is 0. The van der Waals surface area contributed by atoms with E-state index in [-0.39, 0.29) is 0 Å². The second kappa shape index (κ2) is 4.23. The zero-order chi connectivity index (χ0) is 8.43. The van der Waals surface area contributed by atoms with Crippen LogP contribution in [0.4, 0.5) is 0 Å². The van der Waals surface area contributed by atoms with Gasteiger partial charge in [0, 0.05) is 13.4 Å². The maximum absolute atomic E-state index is 3.51. The van der Waals surface area contributed by atoms with Crippen molar-refractivity contribution in [1.29, 1.82) is 0 Å². The fraction of sp³-hybridized carbons (Fsp3) is 0.250. The van der Waals surface area contributed by atoms with Crippen LogP contribution in [0.5, 0.6) is 0 Å². The van der Waals surface area contributed by atoms with Crippen molar-refractivity contribution in [3.63, 3.8) is 0 Å². The molecule has 1 rings (SSSR count). The summed E-state index contributed by atoms with van der Waals surface area (Å²) in [4.78, 5) is 0. The molecule has 0 heterocycles. The van der Waals surface area contributed by atoms with Crippen molar-refractivity contribution < 1.29 is 0 Å². The van der Waals surface area contributed by atoms with Crippen molar-refractivity contribution in [1.82, 2.24) is 0 Å². The van der Waals surface area contributed by atoms with Crippen molar-refractivity contribution in [3.8, 4) is 0 Å². The number of halogens is 3. The maximum atomic E-state index is 3.51. The Balaban J connectivity index is 3.29. The van der Waals surface area contributed by atoms with E-state index < -0.39 is 0 Å². The van der Waals surface area contributed by atoms with Crippen LogP contribution in [0.3, 0.4) is 0 Å². The molecule has 0 aromatic heterocycles. The van der Waals surface area contributed by atoms with Gasteiger partial charge in [-0.25, -0.2) is 0 Å². The van der Waals surface area contributed by atoms with Gasteiger partial charge in [0.25, 0.3) is 0 Å². The highest BCUT2D eigenvalue weighted by atomic mass is 127. The van der Waals surface area contributed by atoms with Crippen molar-refractivity contribution in [2.45, 2.75) is 12.3 Å². The lowest BCUT2D eigenvalue weighted by atomic mass is 10.1. The monoisotopic (exact) mass is 388 g/mol.